The van der Waals surface area contributed by atoms with Gasteiger partial charge in [-0.25, -0.2) is 13.4 Å². The fraction of sp³-hybridized carbons (Fsp3) is 0.167. The molecule has 0 spiro atoms. The number of nitrogens with one attached hydrogen (secondary N) is 1. The van der Waals surface area contributed by atoms with Crippen molar-refractivity contribution in [3.05, 3.63) is 70.5 Å². The van der Waals surface area contributed by atoms with E-state index in [1.807, 2.05) is 6.07 Å². The normalized spacial score (nSPS) is 15.5. The Balaban J connectivity index is 1.59. The zero-order valence-electron chi connectivity index (χ0n) is 19.0. The molecule has 0 saturated heterocycles. The van der Waals surface area contributed by atoms with E-state index in [1.54, 1.807) is 29.6 Å². The molecule has 2 aromatic heterocycles. The number of hydrogen-bond acceptors (Lipinski definition) is 9. The lowest BCUT2D eigenvalue weighted by atomic mass is 9.94. The molecule has 0 fully saturated rings. The Labute approximate surface area is 210 Å². The van der Waals surface area contributed by atoms with Crippen LogP contribution in [0.25, 0.3) is 17.4 Å². The molecule has 0 unspecified atom stereocenters. The molecule has 1 aliphatic rings. The van der Waals surface area contributed by atoms with Crippen LogP contribution in [0.15, 0.2) is 74.0 Å². The van der Waals surface area contributed by atoms with Crippen molar-refractivity contribution >= 4 is 44.4 Å². The number of sulfonamides is 1. The minimum Gasteiger partial charge on any atom is -0.457 e. The molecule has 36 heavy (non-hydrogen) atoms. The number of amides is 2. The Bertz CT molecular complexity index is 1510. The largest absolute Gasteiger partial charge is 0.457 e. The van der Waals surface area contributed by atoms with Crippen molar-refractivity contribution in [1.82, 2.24) is 9.88 Å². The highest BCUT2D eigenvalue weighted by molar-refractivity contribution is 7.93. The van der Waals surface area contributed by atoms with Crippen molar-refractivity contribution in [2.24, 2.45) is 0 Å². The molecule has 4 rings (SSSR count). The second kappa shape index (κ2) is 10.3. The van der Waals surface area contributed by atoms with Gasteiger partial charge in [-0.1, -0.05) is 0 Å². The Morgan fingerprint density at radius 3 is 2.58 bits per heavy atom. The minimum absolute atomic E-state index is 0.0139. The highest BCUT2D eigenvalue weighted by atomic mass is 32.2. The summed E-state index contributed by atoms with van der Waals surface area (Å²) in [5.74, 6) is -0.531. The van der Waals surface area contributed by atoms with E-state index in [9.17, 15) is 23.3 Å². The lowest BCUT2D eigenvalue weighted by molar-refractivity contribution is -0.140. The first-order valence-corrected chi connectivity index (χ1v) is 13.0. The number of nitrogens with zero attached hydrogens (tertiary/aromatic N) is 3. The number of nitriles is 1. The van der Waals surface area contributed by atoms with Crippen LogP contribution >= 0.6 is 11.3 Å². The molecule has 0 bridgehead atoms. The second-order valence-corrected chi connectivity index (χ2v) is 10.3. The SMILES string of the molecule is CC1=C(C#N)C(=O)N(CCCO)C(=O)/C1=C/c1ccc(-c2ccc(S(=O)(=O)Nc3nccs3)cc2)o1. The van der Waals surface area contributed by atoms with Crippen LogP contribution in [-0.2, 0) is 19.6 Å². The molecule has 0 radical (unpaired) electrons. The number of rotatable bonds is 8. The Morgan fingerprint density at radius 2 is 1.94 bits per heavy atom. The van der Waals surface area contributed by atoms with Crippen LogP contribution in [0.2, 0.25) is 0 Å². The van der Waals surface area contributed by atoms with E-state index in [0.717, 1.165) is 4.90 Å². The van der Waals surface area contributed by atoms with Crippen molar-refractivity contribution in [3.63, 3.8) is 0 Å². The van der Waals surface area contributed by atoms with Gasteiger partial charge in [0.1, 0.15) is 23.2 Å². The number of thiazole rings is 1. The van der Waals surface area contributed by atoms with Gasteiger partial charge in [0.25, 0.3) is 21.8 Å². The maximum absolute atomic E-state index is 12.9. The third-order valence-electron chi connectivity index (χ3n) is 5.38. The topological polar surface area (TPSA) is 154 Å². The first kappa shape index (κ1) is 25.1. The summed E-state index contributed by atoms with van der Waals surface area (Å²) in [6.45, 7) is 1.30. The summed E-state index contributed by atoms with van der Waals surface area (Å²) in [6.07, 6.45) is 3.14. The maximum atomic E-state index is 12.9. The minimum atomic E-state index is -3.79. The number of carbonyl (C=O) groups is 2. The van der Waals surface area contributed by atoms with Crippen LogP contribution in [0.5, 0.6) is 0 Å². The highest BCUT2D eigenvalue weighted by Crippen LogP contribution is 2.30. The van der Waals surface area contributed by atoms with E-state index in [4.69, 9.17) is 9.52 Å². The highest BCUT2D eigenvalue weighted by Gasteiger charge is 2.35. The number of imide groups is 1. The lowest BCUT2D eigenvalue weighted by Crippen LogP contribution is -2.43. The van der Waals surface area contributed by atoms with Crippen LogP contribution in [0, 0.1) is 11.3 Å². The van der Waals surface area contributed by atoms with Gasteiger partial charge in [-0.05, 0) is 61.4 Å². The number of aliphatic hydroxyl groups is 1. The average molecular weight is 525 g/mol. The van der Waals surface area contributed by atoms with Gasteiger partial charge in [-0.2, -0.15) is 5.26 Å². The predicted octanol–water partition coefficient (Wildman–Crippen LogP) is 3.18. The van der Waals surface area contributed by atoms with Crippen LogP contribution in [0.1, 0.15) is 19.1 Å². The standard InChI is InChI=1S/C24H20N4O6S2/c1-15-19(22(30)28(10-2-11-29)23(31)20(15)14-25)13-17-5-8-21(34-17)16-3-6-18(7-4-16)36(32,33)27-24-26-9-12-35-24/h3-9,12-13,29H,2,10-11H2,1H3,(H,26,27)/b19-13+. The van der Waals surface area contributed by atoms with Crippen molar-refractivity contribution in [3.8, 4) is 17.4 Å². The molecule has 184 valence electrons. The molecule has 1 aromatic carbocycles. The van der Waals surface area contributed by atoms with Crippen LogP contribution in [0.3, 0.4) is 0 Å². The Kier molecular flexibility index (Phi) is 7.16. The number of anilines is 1. The van der Waals surface area contributed by atoms with Gasteiger partial charge in [-0.3, -0.25) is 19.2 Å². The third-order valence-corrected chi connectivity index (χ3v) is 7.55. The number of furan rings is 1. The second-order valence-electron chi connectivity index (χ2n) is 7.68. The molecule has 0 saturated carbocycles. The van der Waals surface area contributed by atoms with E-state index >= 15 is 0 Å². The van der Waals surface area contributed by atoms with E-state index in [2.05, 4.69) is 9.71 Å². The number of hydrogen-bond donors (Lipinski definition) is 2. The number of aliphatic hydroxyl groups excluding tert-OH is 1. The van der Waals surface area contributed by atoms with Crippen molar-refractivity contribution in [1.29, 1.82) is 5.26 Å². The average Bonchev–Trinajstić information content (AvgIpc) is 3.54. The smallest absolute Gasteiger partial charge is 0.271 e. The van der Waals surface area contributed by atoms with E-state index < -0.39 is 21.8 Å². The van der Waals surface area contributed by atoms with Crippen molar-refractivity contribution < 1.29 is 27.5 Å². The first-order valence-electron chi connectivity index (χ1n) is 10.7. The van der Waals surface area contributed by atoms with Gasteiger partial charge < -0.3 is 9.52 Å². The number of benzene rings is 1. The summed E-state index contributed by atoms with van der Waals surface area (Å²) in [7, 11) is -3.79. The van der Waals surface area contributed by atoms with Gasteiger partial charge in [-0.15, -0.1) is 11.3 Å². The number of aromatic nitrogens is 1. The molecule has 0 aliphatic carbocycles. The molecule has 0 atom stereocenters. The van der Waals surface area contributed by atoms with Crippen LogP contribution < -0.4 is 4.72 Å². The number of carbonyl (C=O) groups excluding carboxylic acids is 2. The lowest BCUT2D eigenvalue weighted by Gasteiger charge is -2.27. The Morgan fingerprint density at radius 1 is 1.19 bits per heavy atom. The molecule has 3 aromatic rings. The first-order chi connectivity index (χ1) is 17.2. The molecule has 12 heteroatoms. The molecular formula is C24H20N4O6S2. The van der Waals surface area contributed by atoms with Gasteiger partial charge in [0.05, 0.1) is 4.90 Å². The van der Waals surface area contributed by atoms with Crippen LogP contribution in [-0.4, -0.2) is 48.4 Å². The zero-order chi connectivity index (χ0) is 25.9. The maximum Gasteiger partial charge on any atom is 0.271 e. The monoisotopic (exact) mass is 524 g/mol. The quantitative estimate of drug-likeness (QED) is 0.336. The molecule has 3 heterocycles. The summed E-state index contributed by atoms with van der Waals surface area (Å²) in [5, 5.41) is 20.4. The molecule has 10 nitrogen and oxygen atoms in total. The predicted molar refractivity (Wildman–Crippen MR) is 132 cm³/mol. The van der Waals surface area contributed by atoms with E-state index in [1.165, 1.54) is 42.7 Å². The zero-order valence-corrected chi connectivity index (χ0v) is 20.6. The van der Waals surface area contributed by atoms with Crippen molar-refractivity contribution in [2.75, 3.05) is 17.9 Å². The van der Waals surface area contributed by atoms with E-state index in [-0.39, 0.29) is 46.3 Å². The fourth-order valence-corrected chi connectivity index (χ4v) is 5.32. The Hall–Kier alpha value is -4.05. The summed E-state index contributed by atoms with van der Waals surface area (Å²) < 4.78 is 33.3. The summed E-state index contributed by atoms with van der Waals surface area (Å²) in [4.78, 5) is 30.4. The van der Waals surface area contributed by atoms with E-state index in [0.29, 0.717) is 17.1 Å². The molecule has 2 N–H and O–H groups in total. The summed E-state index contributed by atoms with van der Waals surface area (Å²) in [5.41, 5.74) is 0.842. The fourth-order valence-electron chi connectivity index (χ4n) is 3.54. The molecule has 1 aliphatic heterocycles. The summed E-state index contributed by atoms with van der Waals surface area (Å²) in [6, 6.07) is 11.2. The third kappa shape index (κ3) is 4.99. The van der Waals surface area contributed by atoms with Gasteiger partial charge in [0.2, 0.25) is 0 Å². The molecular weight excluding hydrogens is 504 g/mol. The van der Waals surface area contributed by atoms with Gasteiger partial charge in [0, 0.05) is 35.9 Å². The molecule has 2 amide bonds. The van der Waals surface area contributed by atoms with Gasteiger partial charge in [0.15, 0.2) is 5.13 Å². The van der Waals surface area contributed by atoms with Gasteiger partial charge >= 0.3 is 0 Å². The van der Waals surface area contributed by atoms with Crippen molar-refractivity contribution in [2.45, 2.75) is 18.2 Å². The van der Waals surface area contributed by atoms with Crippen LogP contribution in [0.4, 0.5) is 5.13 Å². The summed E-state index contributed by atoms with van der Waals surface area (Å²) >= 11 is 1.17.